The number of benzene rings is 2. The maximum atomic E-state index is 13.6. The van der Waals surface area contributed by atoms with Crippen LogP contribution in [0, 0.1) is 13.8 Å². The summed E-state index contributed by atoms with van der Waals surface area (Å²) in [4.78, 5) is 29.5. The van der Waals surface area contributed by atoms with Gasteiger partial charge in [0.05, 0.1) is 40.7 Å². The molecule has 0 unspecified atom stereocenters. The first-order valence-corrected chi connectivity index (χ1v) is 10.6. The third-order valence-corrected chi connectivity index (χ3v) is 5.31. The van der Waals surface area contributed by atoms with Crippen molar-refractivity contribution in [2.24, 2.45) is 0 Å². The summed E-state index contributed by atoms with van der Waals surface area (Å²) in [5, 5.41) is 6.54. The lowest BCUT2D eigenvalue weighted by Crippen LogP contribution is -2.21. The fraction of sp³-hybridized carbons (Fsp3) is 0.200. The van der Waals surface area contributed by atoms with Gasteiger partial charge in [-0.25, -0.2) is 9.78 Å². The van der Waals surface area contributed by atoms with Crippen LogP contribution in [-0.4, -0.2) is 35.7 Å². The quantitative estimate of drug-likeness (QED) is 0.358. The molecule has 0 spiro atoms. The number of ether oxygens (including phenoxy) is 2. The number of methoxy groups -OCH3 is 1. The Morgan fingerprint density at radius 2 is 1.83 bits per heavy atom. The van der Waals surface area contributed by atoms with Crippen LogP contribution in [0.4, 0.5) is 18.9 Å². The highest BCUT2D eigenvalue weighted by atomic mass is 19.4. The van der Waals surface area contributed by atoms with Gasteiger partial charge >= 0.3 is 12.1 Å². The number of pyridine rings is 1. The molecule has 4 aromatic rings. The summed E-state index contributed by atoms with van der Waals surface area (Å²) in [5.74, 6) is -1.17. The van der Waals surface area contributed by atoms with Crippen LogP contribution in [0.5, 0.6) is 5.75 Å². The summed E-state index contributed by atoms with van der Waals surface area (Å²) in [6.45, 7) is 2.72. The topological polar surface area (TPSA) is 104 Å². The molecule has 11 heteroatoms. The number of carbonyl (C=O) groups is 2. The van der Waals surface area contributed by atoms with Gasteiger partial charge in [0.15, 0.2) is 6.61 Å². The number of fused-ring (bicyclic) bond motifs is 1. The molecule has 0 aliphatic heterocycles. The molecule has 0 aliphatic carbocycles. The molecular weight excluding hydrogens is 479 g/mol. The Hall–Kier alpha value is -4.41. The van der Waals surface area contributed by atoms with E-state index in [1.165, 1.54) is 31.4 Å². The standard InChI is InChI=1S/C25H20F3N3O5/c1-13-8-9-20(34-3)19(10-13)29-21(32)12-35-24(33)16-11-18(30-23-22(16)14(2)31-36-23)15-6-4-5-7-17(15)25(26,27)28/h4-11H,12H2,1-3H3,(H,29,32). The van der Waals surface area contributed by atoms with Crippen LogP contribution in [0.25, 0.3) is 22.4 Å². The minimum atomic E-state index is -4.65. The fourth-order valence-corrected chi connectivity index (χ4v) is 3.66. The molecule has 36 heavy (non-hydrogen) atoms. The number of rotatable bonds is 6. The SMILES string of the molecule is COc1ccc(C)cc1NC(=O)COC(=O)c1cc(-c2ccccc2C(F)(F)F)nc2onc(C)c12. The van der Waals surface area contributed by atoms with Crippen molar-refractivity contribution in [3.8, 4) is 17.0 Å². The van der Waals surface area contributed by atoms with Crippen LogP contribution in [-0.2, 0) is 15.7 Å². The molecule has 4 rings (SSSR count). The third kappa shape index (κ3) is 4.99. The smallest absolute Gasteiger partial charge is 0.417 e. The van der Waals surface area contributed by atoms with Gasteiger partial charge < -0.3 is 19.3 Å². The maximum Gasteiger partial charge on any atom is 0.417 e. The zero-order valence-corrected chi connectivity index (χ0v) is 19.4. The van der Waals surface area contributed by atoms with Crippen molar-refractivity contribution < 1.29 is 36.8 Å². The average Bonchev–Trinajstić information content (AvgIpc) is 3.22. The van der Waals surface area contributed by atoms with Crippen LogP contribution in [0.3, 0.4) is 0 Å². The predicted molar refractivity (Wildman–Crippen MR) is 124 cm³/mol. The number of hydrogen-bond acceptors (Lipinski definition) is 7. The van der Waals surface area contributed by atoms with Gasteiger partial charge in [0.1, 0.15) is 5.75 Å². The third-order valence-electron chi connectivity index (χ3n) is 5.31. The number of halogens is 3. The van der Waals surface area contributed by atoms with E-state index >= 15 is 0 Å². The normalized spacial score (nSPS) is 11.4. The molecule has 0 saturated carbocycles. The van der Waals surface area contributed by atoms with E-state index in [1.54, 1.807) is 25.1 Å². The zero-order chi connectivity index (χ0) is 26.0. The largest absolute Gasteiger partial charge is 0.495 e. The van der Waals surface area contributed by atoms with E-state index in [-0.39, 0.29) is 33.6 Å². The Labute approximate surface area is 203 Å². The van der Waals surface area contributed by atoms with Crippen LogP contribution in [0.1, 0.15) is 27.2 Å². The van der Waals surface area contributed by atoms with E-state index < -0.39 is 30.2 Å². The second-order valence-electron chi connectivity index (χ2n) is 7.87. The zero-order valence-electron chi connectivity index (χ0n) is 19.4. The molecule has 0 radical (unpaired) electrons. The molecule has 0 saturated heterocycles. The number of alkyl halides is 3. The highest BCUT2D eigenvalue weighted by Gasteiger charge is 2.34. The number of aromatic nitrogens is 2. The highest BCUT2D eigenvalue weighted by Crippen LogP contribution is 2.37. The second-order valence-corrected chi connectivity index (χ2v) is 7.87. The molecule has 0 fully saturated rings. The van der Waals surface area contributed by atoms with Gasteiger partial charge in [-0.05, 0) is 43.7 Å². The Morgan fingerprint density at radius 3 is 2.56 bits per heavy atom. The molecule has 0 aliphatic rings. The van der Waals surface area contributed by atoms with Crippen molar-refractivity contribution in [2.75, 3.05) is 19.0 Å². The lowest BCUT2D eigenvalue weighted by molar-refractivity contribution is -0.137. The van der Waals surface area contributed by atoms with Crippen molar-refractivity contribution in [2.45, 2.75) is 20.0 Å². The Kier molecular flexibility index (Phi) is 6.65. The summed E-state index contributed by atoms with van der Waals surface area (Å²) in [5.41, 5.74) is -0.0584. The Bertz CT molecular complexity index is 1460. The minimum Gasteiger partial charge on any atom is -0.495 e. The molecule has 186 valence electrons. The molecule has 0 atom stereocenters. The summed E-state index contributed by atoms with van der Waals surface area (Å²) < 4.78 is 56.2. The van der Waals surface area contributed by atoms with Gasteiger partial charge in [0.25, 0.3) is 11.6 Å². The highest BCUT2D eigenvalue weighted by molar-refractivity contribution is 6.05. The molecule has 0 bridgehead atoms. The van der Waals surface area contributed by atoms with Crippen LogP contribution >= 0.6 is 0 Å². The first kappa shape index (κ1) is 24.7. The van der Waals surface area contributed by atoms with Gasteiger partial charge in [-0.1, -0.05) is 29.4 Å². The predicted octanol–water partition coefficient (Wildman–Crippen LogP) is 5.33. The van der Waals surface area contributed by atoms with Crippen LogP contribution in [0.15, 0.2) is 53.1 Å². The number of nitrogens with one attached hydrogen (secondary N) is 1. The summed E-state index contributed by atoms with van der Waals surface area (Å²) in [6.07, 6.45) is -4.65. The molecule has 2 aromatic carbocycles. The van der Waals surface area contributed by atoms with Crippen LogP contribution < -0.4 is 10.1 Å². The van der Waals surface area contributed by atoms with Gasteiger partial charge in [0.2, 0.25) is 0 Å². The van der Waals surface area contributed by atoms with Gasteiger partial charge in [-0.2, -0.15) is 13.2 Å². The number of hydrogen-bond donors (Lipinski definition) is 1. The molecule has 2 heterocycles. The number of esters is 1. The van der Waals surface area contributed by atoms with Gasteiger partial charge in [-0.15, -0.1) is 0 Å². The molecule has 8 nitrogen and oxygen atoms in total. The van der Waals surface area contributed by atoms with E-state index in [2.05, 4.69) is 15.5 Å². The number of amides is 1. The van der Waals surface area contributed by atoms with Crippen molar-refractivity contribution in [1.82, 2.24) is 10.1 Å². The first-order chi connectivity index (χ1) is 17.1. The molecule has 1 amide bonds. The van der Waals surface area contributed by atoms with E-state index in [0.29, 0.717) is 11.4 Å². The van der Waals surface area contributed by atoms with Gasteiger partial charge in [-0.3, -0.25) is 4.79 Å². The average molecular weight is 499 g/mol. The van der Waals surface area contributed by atoms with E-state index in [1.807, 2.05) is 6.92 Å². The number of anilines is 1. The summed E-state index contributed by atoms with van der Waals surface area (Å²) >= 11 is 0. The summed E-state index contributed by atoms with van der Waals surface area (Å²) in [7, 11) is 1.45. The molecule has 1 N–H and O–H groups in total. The monoisotopic (exact) mass is 499 g/mol. The molecular formula is C25H20F3N3O5. The van der Waals surface area contributed by atoms with Gasteiger partial charge in [0, 0.05) is 5.56 Å². The second kappa shape index (κ2) is 9.68. The van der Waals surface area contributed by atoms with Crippen molar-refractivity contribution in [3.05, 3.63) is 70.9 Å². The maximum absolute atomic E-state index is 13.6. The minimum absolute atomic E-state index is 0.133. The Morgan fingerprint density at radius 1 is 1.08 bits per heavy atom. The van der Waals surface area contributed by atoms with E-state index in [9.17, 15) is 22.8 Å². The lowest BCUT2D eigenvalue weighted by Gasteiger charge is -2.13. The number of aryl methyl sites for hydroxylation is 2. The van der Waals surface area contributed by atoms with Crippen LogP contribution in [0.2, 0.25) is 0 Å². The number of nitrogens with zero attached hydrogens (tertiary/aromatic N) is 2. The van der Waals surface area contributed by atoms with Crippen molar-refractivity contribution in [3.63, 3.8) is 0 Å². The lowest BCUT2D eigenvalue weighted by atomic mass is 10.0. The van der Waals surface area contributed by atoms with Crippen molar-refractivity contribution in [1.29, 1.82) is 0 Å². The van der Waals surface area contributed by atoms with E-state index in [0.717, 1.165) is 11.6 Å². The Balaban J connectivity index is 1.63. The summed E-state index contributed by atoms with van der Waals surface area (Å²) in [6, 6.07) is 11.2. The fourth-order valence-electron chi connectivity index (χ4n) is 3.66. The first-order valence-electron chi connectivity index (χ1n) is 10.6. The molecule has 2 aromatic heterocycles. The van der Waals surface area contributed by atoms with Crippen molar-refractivity contribution >= 4 is 28.7 Å². The number of carbonyl (C=O) groups excluding carboxylic acids is 2. The van der Waals surface area contributed by atoms with E-state index in [4.69, 9.17) is 14.0 Å².